The fraction of sp³-hybridized carbons (Fsp3) is 0.611. The summed E-state index contributed by atoms with van der Waals surface area (Å²) >= 11 is 2.04. The zero-order valence-electron chi connectivity index (χ0n) is 14.0. The van der Waals surface area contributed by atoms with Crippen molar-refractivity contribution >= 4 is 17.7 Å². The number of hydrogen-bond acceptors (Lipinski definition) is 4. The third-order valence-electron chi connectivity index (χ3n) is 4.83. The van der Waals surface area contributed by atoms with Crippen molar-refractivity contribution < 1.29 is 4.79 Å². The van der Waals surface area contributed by atoms with Crippen molar-refractivity contribution in [3.8, 4) is 0 Å². The number of piperidine rings is 1. The van der Waals surface area contributed by atoms with E-state index in [-0.39, 0.29) is 5.91 Å². The number of rotatable bonds is 4. The van der Waals surface area contributed by atoms with Crippen molar-refractivity contribution in [2.75, 3.05) is 44.7 Å². The zero-order valence-corrected chi connectivity index (χ0v) is 14.8. The Kier molecular flexibility index (Phi) is 5.97. The van der Waals surface area contributed by atoms with Crippen molar-refractivity contribution in [2.24, 2.45) is 0 Å². The SMILES string of the molecule is CNC1CCCN(C(=O)c2ccc(CN3CCSCC3)cc2)C1. The van der Waals surface area contributed by atoms with Gasteiger partial charge in [-0.3, -0.25) is 9.69 Å². The Morgan fingerprint density at radius 2 is 1.96 bits per heavy atom. The van der Waals surface area contributed by atoms with Gasteiger partial charge in [-0.25, -0.2) is 0 Å². The number of likely N-dealkylation sites (N-methyl/N-ethyl adjacent to an activating group) is 1. The topological polar surface area (TPSA) is 35.6 Å². The first-order valence-electron chi connectivity index (χ1n) is 8.62. The summed E-state index contributed by atoms with van der Waals surface area (Å²) in [5.41, 5.74) is 2.12. The van der Waals surface area contributed by atoms with Crippen LogP contribution < -0.4 is 5.32 Å². The van der Waals surface area contributed by atoms with Crippen molar-refractivity contribution in [3.63, 3.8) is 0 Å². The van der Waals surface area contributed by atoms with Crippen LogP contribution in [-0.4, -0.2) is 66.5 Å². The van der Waals surface area contributed by atoms with Gasteiger partial charge >= 0.3 is 0 Å². The minimum Gasteiger partial charge on any atom is -0.337 e. The minimum absolute atomic E-state index is 0.172. The van der Waals surface area contributed by atoms with Crippen molar-refractivity contribution in [3.05, 3.63) is 35.4 Å². The van der Waals surface area contributed by atoms with E-state index < -0.39 is 0 Å². The summed E-state index contributed by atoms with van der Waals surface area (Å²) in [4.78, 5) is 17.1. The van der Waals surface area contributed by atoms with Crippen LogP contribution in [0.25, 0.3) is 0 Å². The number of nitrogens with zero attached hydrogens (tertiary/aromatic N) is 2. The second-order valence-corrected chi connectivity index (χ2v) is 7.69. The maximum Gasteiger partial charge on any atom is 0.253 e. The molecule has 0 radical (unpaired) electrons. The van der Waals surface area contributed by atoms with Crippen molar-refractivity contribution in [1.82, 2.24) is 15.1 Å². The molecule has 1 N–H and O–H groups in total. The Labute approximate surface area is 143 Å². The van der Waals surface area contributed by atoms with Gasteiger partial charge in [0.2, 0.25) is 0 Å². The number of benzene rings is 1. The molecule has 2 fully saturated rings. The Morgan fingerprint density at radius 3 is 2.65 bits per heavy atom. The first kappa shape index (κ1) is 16.8. The van der Waals surface area contributed by atoms with Gasteiger partial charge < -0.3 is 10.2 Å². The number of carbonyl (C=O) groups is 1. The van der Waals surface area contributed by atoms with Crippen LogP contribution in [0.15, 0.2) is 24.3 Å². The van der Waals surface area contributed by atoms with Crippen LogP contribution in [0.2, 0.25) is 0 Å². The van der Waals surface area contributed by atoms with Gasteiger partial charge in [0.15, 0.2) is 0 Å². The molecule has 3 rings (SSSR count). The van der Waals surface area contributed by atoms with E-state index in [0.717, 1.165) is 38.0 Å². The van der Waals surface area contributed by atoms with E-state index in [1.807, 2.05) is 35.8 Å². The van der Waals surface area contributed by atoms with Crippen LogP contribution in [-0.2, 0) is 6.54 Å². The molecule has 2 saturated heterocycles. The molecule has 0 aromatic heterocycles. The Balaban J connectivity index is 1.58. The first-order chi connectivity index (χ1) is 11.3. The monoisotopic (exact) mass is 333 g/mol. The van der Waals surface area contributed by atoms with Crippen molar-refractivity contribution in [1.29, 1.82) is 0 Å². The summed E-state index contributed by atoms with van der Waals surface area (Å²) in [7, 11) is 1.98. The molecule has 126 valence electrons. The molecule has 1 amide bonds. The molecule has 4 nitrogen and oxygen atoms in total. The maximum atomic E-state index is 12.6. The summed E-state index contributed by atoms with van der Waals surface area (Å²) < 4.78 is 0. The van der Waals surface area contributed by atoms with Gasteiger partial charge in [0.05, 0.1) is 0 Å². The van der Waals surface area contributed by atoms with E-state index in [0.29, 0.717) is 6.04 Å². The Bertz CT molecular complexity index is 514. The fourth-order valence-electron chi connectivity index (χ4n) is 3.35. The highest BCUT2D eigenvalue weighted by molar-refractivity contribution is 7.99. The highest BCUT2D eigenvalue weighted by Crippen LogP contribution is 2.16. The molecular weight excluding hydrogens is 306 g/mol. The van der Waals surface area contributed by atoms with E-state index in [2.05, 4.69) is 22.3 Å². The molecule has 1 atom stereocenters. The van der Waals surface area contributed by atoms with Gasteiger partial charge in [0.1, 0.15) is 0 Å². The predicted octanol–water partition coefficient (Wildman–Crippen LogP) is 2.06. The number of hydrogen-bond donors (Lipinski definition) is 1. The highest BCUT2D eigenvalue weighted by atomic mass is 32.2. The number of amides is 1. The summed E-state index contributed by atoms with van der Waals surface area (Å²) in [6, 6.07) is 8.67. The summed E-state index contributed by atoms with van der Waals surface area (Å²) in [6.07, 6.45) is 2.25. The van der Waals surface area contributed by atoms with Gasteiger partial charge in [-0.15, -0.1) is 0 Å². The van der Waals surface area contributed by atoms with E-state index in [1.54, 1.807) is 0 Å². The van der Waals surface area contributed by atoms with Crippen LogP contribution in [0.4, 0.5) is 0 Å². The van der Waals surface area contributed by atoms with Crippen LogP contribution in [0.5, 0.6) is 0 Å². The molecule has 0 spiro atoms. The third-order valence-corrected chi connectivity index (χ3v) is 5.77. The molecule has 0 bridgehead atoms. The molecule has 23 heavy (non-hydrogen) atoms. The second-order valence-electron chi connectivity index (χ2n) is 6.46. The number of carbonyl (C=O) groups excluding carboxylic acids is 1. The van der Waals surface area contributed by atoms with Crippen LogP contribution >= 0.6 is 11.8 Å². The van der Waals surface area contributed by atoms with E-state index >= 15 is 0 Å². The summed E-state index contributed by atoms with van der Waals surface area (Å²) in [5.74, 6) is 2.64. The molecule has 5 heteroatoms. The normalized spacial score (nSPS) is 23.0. The lowest BCUT2D eigenvalue weighted by molar-refractivity contribution is 0.0698. The molecule has 0 saturated carbocycles. The van der Waals surface area contributed by atoms with E-state index in [4.69, 9.17) is 0 Å². The molecule has 2 aliphatic rings. The lowest BCUT2D eigenvalue weighted by Gasteiger charge is -2.32. The quantitative estimate of drug-likeness (QED) is 0.915. The van der Waals surface area contributed by atoms with E-state index in [9.17, 15) is 4.79 Å². The second kappa shape index (κ2) is 8.18. The fourth-order valence-corrected chi connectivity index (χ4v) is 4.33. The molecule has 2 aliphatic heterocycles. The van der Waals surface area contributed by atoms with Gasteiger partial charge in [-0.05, 0) is 37.6 Å². The molecular formula is C18H27N3OS. The Hall–Kier alpha value is -1.04. The van der Waals surface area contributed by atoms with Crippen LogP contribution in [0, 0.1) is 0 Å². The lowest BCUT2D eigenvalue weighted by Crippen LogP contribution is -2.46. The molecule has 1 unspecified atom stereocenters. The Morgan fingerprint density at radius 1 is 1.22 bits per heavy atom. The standard InChI is InChI=1S/C18H27N3OS/c1-19-17-3-2-8-21(14-17)18(22)16-6-4-15(5-7-16)13-20-9-11-23-12-10-20/h4-7,17,19H,2-3,8-14H2,1H3. The van der Waals surface area contributed by atoms with Crippen LogP contribution in [0.3, 0.4) is 0 Å². The van der Waals surface area contributed by atoms with Crippen molar-refractivity contribution in [2.45, 2.75) is 25.4 Å². The number of thioether (sulfide) groups is 1. The van der Waals surface area contributed by atoms with Gasteiger partial charge in [-0.1, -0.05) is 12.1 Å². The zero-order chi connectivity index (χ0) is 16.1. The van der Waals surface area contributed by atoms with Gasteiger partial charge in [0, 0.05) is 55.8 Å². The predicted molar refractivity (Wildman–Crippen MR) is 97.0 cm³/mol. The summed E-state index contributed by atoms with van der Waals surface area (Å²) in [5, 5.41) is 3.29. The van der Waals surface area contributed by atoms with Gasteiger partial charge in [-0.2, -0.15) is 11.8 Å². The first-order valence-corrected chi connectivity index (χ1v) is 9.77. The highest BCUT2D eigenvalue weighted by Gasteiger charge is 2.23. The molecule has 0 aliphatic carbocycles. The third kappa shape index (κ3) is 4.49. The minimum atomic E-state index is 0.172. The van der Waals surface area contributed by atoms with Gasteiger partial charge in [0.25, 0.3) is 5.91 Å². The number of likely N-dealkylation sites (tertiary alicyclic amines) is 1. The lowest BCUT2D eigenvalue weighted by atomic mass is 10.0. The largest absolute Gasteiger partial charge is 0.337 e. The molecule has 2 heterocycles. The summed E-state index contributed by atoms with van der Waals surface area (Å²) in [6.45, 7) is 5.04. The van der Waals surface area contributed by atoms with E-state index in [1.165, 1.54) is 30.2 Å². The molecule has 1 aromatic rings. The maximum absolute atomic E-state index is 12.6. The van der Waals surface area contributed by atoms with Crippen LogP contribution in [0.1, 0.15) is 28.8 Å². The average Bonchev–Trinajstić information content (AvgIpc) is 2.63. The smallest absolute Gasteiger partial charge is 0.253 e. The number of nitrogens with one attached hydrogen (secondary N) is 1. The molecule has 1 aromatic carbocycles. The average molecular weight is 334 g/mol.